The highest BCUT2D eigenvalue weighted by Gasteiger charge is 2.45. The Morgan fingerprint density at radius 3 is 2.11 bits per heavy atom. The molecule has 2 amide bonds. The first-order valence-electron chi connectivity index (χ1n) is 13.1. The Kier molecular flexibility index (Phi) is 7.65. The van der Waals surface area contributed by atoms with Gasteiger partial charge in [-0.3, -0.25) is 4.79 Å². The van der Waals surface area contributed by atoms with E-state index in [9.17, 15) is 14.8 Å². The van der Waals surface area contributed by atoms with Crippen LogP contribution in [0.15, 0.2) is 48.5 Å². The summed E-state index contributed by atoms with van der Waals surface area (Å²) < 4.78 is 5.93. The molecule has 0 spiro atoms. The van der Waals surface area contributed by atoms with Crippen LogP contribution >= 0.6 is 0 Å². The van der Waals surface area contributed by atoms with Crippen LogP contribution < -0.4 is 11.1 Å². The molecule has 0 unspecified atom stereocenters. The van der Waals surface area contributed by atoms with Gasteiger partial charge in [-0.25, -0.2) is 4.79 Å². The second-order valence-electron chi connectivity index (χ2n) is 11.7. The van der Waals surface area contributed by atoms with Gasteiger partial charge in [0.1, 0.15) is 0 Å². The maximum Gasteiger partial charge on any atom is 0.410 e. The quantitative estimate of drug-likeness (QED) is 0.510. The maximum absolute atomic E-state index is 12.9. The molecule has 0 aromatic heterocycles. The van der Waals surface area contributed by atoms with E-state index in [-0.39, 0.29) is 11.9 Å². The molecule has 0 bridgehead atoms. The molecular weight excluding hydrogens is 468 g/mol. The number of piperidine rings is 1. The molecule has 1 fully saturated rings. The number of carbonyl (C=O) groups is 2. The first-order chi connectivity index (χ1) is 17.4. The number of nitrogens with two attached hydrogens (primary N) is 1. The van der Waals surface area contributed by atoms with Gasteiger partial charge in [-0.15, -0.1) is 0 Å². The summed E-state index contributed by atoms with van der Waals surface area (Å²) in [7, 11) is 1.70. The monoisotopic (exact) mass is 508 g/mol. The van der Waals surface area contributed by atoms with Crippen LogP contribution in [0, 0.1) is 0 Å². The van der Waals surface area contributed by atoms with E-state index in [1.165, 1.54) is 9.96 Å². The molecule has 0 radical (unpaired) electrons. The molecule has 200 valence electrons. The zero-order valence-electron chi connectivity index (χ0n) is 22.5. The second kappa shape index (κ2) is 10.4. The highest BCUT2D eigenvalue weighted by atomic mass is 16.6. The summed E-state index contributed by atoms with van der Waals surface area (Å²) in [4.78, 5) is 27.2. The molecule has 1 saturated heterocycles. The van der Waals surface area contributed by atoms with Crippen molar-refractivity contribution in [2.45, 2.75) is 82.6 Å². The number of rotatable bonds is 7. The molecule has 37 heavy (non-hydrogen) atoms. The summed E-state index contributed by atoms with van der Waals surface area (Å²) in [5.74, 6) is -0.201. The van der Waals surface area contributed by atoms with Crippen molar-refractivity contribution in [3.05, 3.63) is 59.7 Å². The third kappa shape index (κ3) is 5.66. The number of hydroxylamine groups is 2. The van der Waals surface area contributed by atoms with Gasteiger partial charge in [0.05, 0.1) is 6.04 Å². The van der Waals surface area contributed by atoms with Crippen molar-refractivity contribution < 1.29 is 19.5 Å². The van der Waals surface area contributed by atoms with E-state index in [4.69, 9.17) is 10.5 Å². The van der Waals surface area contributed by atoms with Gasteiger partial charge in [0.25, 0.3) is 0 Å². The van der Waals surface area contributed by atoms with Crippen molar-refractivity contribution >= 4 is 12.0 Å². The van der Waals surface area contributed by atoms with Crippen LogP contribution in [-0.4, -0.2) is 63.9 Å². The second-order valence-corrected chi connectivity index (χ2v) is 11.7. The van der Waals surface area contributed by atoms with Gasteiger partial charge < -0.3 is 25.9 Å². The van der Waals surface area contributed by atoms with Gasteiger partial charge in [0.15, 0.2) is 6.10 Å². The molecule has 2 aromatic carbocycles. The predicted octanol–water partition coefficient (Wildman–Crippen LogP) is 4.46. The van der Waals surface area contributed by atoms with E-state index in [1.807, 2.05) is 76.2 Å². The molecule has 1 aliphatic heterocycles. The molecular formula is C29H40N4O4. The van der Waals surface area contributed by atoms with Crippen molar-refractivity contribution in [3.63, 3.8) is 0 Å². The number of hydrogen-bond acceptors (Lipinski definition) is 6. The average molecular weight is 509 g/mol. The van der Waals surface area contributed by atoms with Crippen LogP contribution in [0.3, 0.4) is 0 Å². The summed E-state index contributed by atoms with van der Waals surface area (Å²) in [5, 5.41) is 14.9. The van der Waals surface area contributed by atoms with Gasteiger partial charge in [0.2, 0.25) is 5.91 Å². The van der Waals surface area contributed by atoms with Gasteiger partial charge >= 0.3 is 6.09 Å². The number of amides is 2. The standard InChI is InChI=1S/C29H40N4O4/c1-28(2)17-19(18-29(3,4)33(28)36)31-26(34)24(30)15-10-16-32(5)27(35)37-25-22-13-8-6-11-20(22)21-12-7-9-14-23(21)25/h6-9,11-14,19,24-25,36H,10,15-18,30H2,1-5H3,(H,31,34)/t24-/m0/s1. The van der Waals surface area contributed by atoms with E-state index in [0.717, 1.165) is 22.3 Å². The van der Waals surface area contributed by atoms with Crippen LogP contribution in [0.1, 0.15) is 70.6 Å². The van der Waals surface area contributed by atoms with Crippen LogP contribution in [-0.2, 0) is 9.53 Å². The van der Waals surface area contributed by atoms with Gasteiger partial charge in [-0.1, -0.05) is 48.5 Å². The predicted molar refractivity (Wildman–Crippen MR) is 143 cm³/mol. The zero-order valence-corrected chi connectivity index (χ0v) is 22.5. The maximum atomic E-state index is 12.9. The summed E-state index contributed by atoms with van der Waals surface area (Å²) in [5.41, 5.74) is 9.45. The minimum atomic E-state index is -0.670. The minimum Gasteiger partial charge on any atom is -0.436 e. The van der Waals surface area contributed by atoms with Crippen molar-refractivity contribution in [1.29, 1.82) is 0 Å². The fourth-order valence-electron chi connectivity index (χ4n) is 5.88. The third-order valence-electron chi connectivity index (χ3n) is 7.64. The lowest BCUT2D eigenvalue weighted by Gasteiger charge is -2.51. The lowest BCUT2D eigenvalue weighted by Crippen LogP contribution is -2.63. The minimum absolute atomic E-state index is 0.0678. The summed E-state index contributed by atoms with van der Waals surface area (Å²) >= 11 is 0. The number of hydrogen-bond donors (Lipinski definition) is 3. The Morgan fingerprint density at radius 1 is 1.05 bits per heavy atom. The zero-order chi connectivity index (χ0) is 27.0. The van der Waals surface area contributed by atoms with E-state index in [2.05, 4.69) is 5.32 Å². The fraction of sp³-hybridized carbons (Fsp3) is 0.517. The number of nitrogens with zero attached hydrogens (tertiary/aromatic N) is 2. The number of carbonyl (C=O) groups excluding carboxylic acids is 2. The first kappa shape index (κ1) is 27.1. The molecule has 1 atom stereocenters. The SMILES string of the molecule is CN(CCC[C@H](N)C(=O)NC1CC(C)(C)N(O)C(C)(C)C1)C(=O)OC1c2ccccc2-c2ccccc21. The van der Waals surface area contributed by atoms with Crippen LogP contribution in [0.2, 0.25) is 0 Å². The number of fused-ring (bicyclic) bond motifs is 3. The largest absolute Gasteiger partial charge is 0.436 e. The van der Waals surface area contributed by atoms with Gasteiger partial charge in [-0.05, 0) is 64.5 Å². The Balaban J connectivity index is 1.26. The Bertz CT molecular complexity index is 1080. The molecule has 4 rings (SSSR count). The van der Waals surface area contributed by atoms with Crippen LogP contribution in [0.25, 0.3) is 11.1 Å². The normalized spacial score (nSPS) is 19.5. The topological polar surface area (TPSA) is 108 Å². The summed E-state index contributed by atoms with van der Waals surface area (Å²) in [6.07, 6.45) is 1.44. The number of benzene rings is 2. The summed E-state index contributed by atoms with van der Waals surface area (Å²) in [6, 6.07) is 15.2. The van der Waals surface area contributed by atoms with E-state index in [1.54, 1.807) is 7.05 Å². The Morgan fingerprint density at radius 2 is 1.57 bits per heavy atom. The fourth-order valence-corrected chi connectivity index (χ4v) is 5.88. The highest BCUT2D eigenvalue weighted by Crippen LogP contribution is 2.45. The van der Waals surface area contributed by atoms with E-state index < -0.39 is 29.3 Å². The number of ether oxygens (including phenoxy) is 1. The van der Waals surface area contributed by atoms with Crippen molar-refractivity contribution in [3.8, 4) is 11.1 Å². The lowest BCUT2D eigenvalue weighted by molar-refractivity contribution is -0.246. The van der Waals surface area contributed by atoms with Crippen LogP contribution in [0.4, 0.5) is 4.79 Å². The molecule has 0 saturated carbocycles. The first-order valence-corrected chi connectivity index (χ1v) is 13.1. The molecule has 2 aliphatic rings. The van der Waals surface area contributed by atoms with E-state index in [0.29, 0.717) is 32.2 Å². The summed E-state index contributed by atoms with van der Waals surface area (Å²) in [6.45, 7) is 8.28. The Labute approximate surface area is 219 Å². The molecule has 2 aromatic rings. The molecule has 8 nitrogen and oxygen atoms in total. The molecule has 1 aliphatic carbocycles. The smallest absolute Gasteiger partial charge is 0.410 e. The molecule has 8 heteroatoms. The van der Waals surface area contributed by atoms with E-state index >= 15 is 0 Å². The number of nitrogens with one attached hydrogen (secondary N) is 1. The highest BCUT2D eigenvalue weighted by molar-refractivity contribution is 5.82. The average Bonchev–Trinajstić information content (AvgIpc) is 3.15. The van der Waals surface area contributed by atoms with Gasteiger partial charge in [0, 0.05) is 41.8 Å². The van der Waals surface area contributed by atoms with Crippen molar-refractivity contribution in [2.24, 2.45) is 5.73 Å². The van der Waals surface area contributed by atoms with Crippen LogP contribution in [0.5, 0.6) is 0 Å². The third-order valence-corrected chi connectivity index (χ3v) is 7.64. The lowest BCUT2D eigenvalue weighted by atomic mass is 9.79. The molecule has 4 N–H and O–H groups in total. The van der Waals surface area contributed by atoms with Gasteiger partial charge in [-0.2, -0.15) is 5.06 Å². The van der Waals surface area contributed by atoms with Crippen molar-refractivity contribution in [2.75, 3.05) is 13.6 Å². The van der Waals surface area contributed by atoms with Crippen molar-refractivity contribution in [1.82, 2.24) is 15.3 Å². The molecule has 1 heterocycles. The Hall–Kier alpha value is -2.94.